The Morgan fingerprint density at radius 2 is 2.10 bits per heavy atom. The van der Waals surface area contributed by atoms with Crippen LogP contribution in [0.2, 0.25) is 0 Å². The molecule has 0 aliphatic carbocycles. The molecule has 1 aromatic heterocycles. The number of nitrogens with two attached hydrogens (primary N) is 1. The molecule has 0 saturated heterocycles. The Labute approximate surface area is 116 Å². The number of nitrogens with zero attached hydrogens (tertiary/aromatic N) is 1. The second-order valence-corrected chi connectivity index (χ2v) is 5.72. The van der Waals surface area contributed by atoms with E-state index in [2.05, 4.69) is 10.3 Å². The van der Waals surface area contributed by atoms with Crippen LogP contribution in [0.3, 0.4) is 0 Å². The van der Waals surface area contributed by atoms with E-state index in [0.29, 0.717) is 6.07 Å². The normalized spacial score (nSPS) is 14.7. The number of pyridine rings is 1. The molecule has 20 heavy (non-hydrogen) atoms. The van der Waals surface area contributed by atoms with Gasteiger partial charge in [-0.1, -0.05) is 0 Å². The van der Waals surface area contributed by atoms with Crippen LogP contribution in [-0.4, -0.2) is 33.2 Å². The lowest BCUT2D eigenvalue weighted by atomic mass is 10.2. The quantitative estimate of drug-likeness (QED) is 0.860. The second kappa shape index (κ2) is 6.21. The van der Waals surface area contributed by atoms with Crippen molar-refractivity contribution in [2.75, 3.05) is 17.3 Å². The van der Waals surface area contributed by atoms with E-state index in [1.165, 1.54) is 6.26 Å². The molecule has 5 nitrogen and oxygen atoms in total. The van der Waals surface area contributed by atoms with E-state index in [1.54, 1.807) is 6.92 Å². The lowest BCUT2D eigenvalue weighted by Crippen LogP contribution is -2.26. The Balaban J connectivity index is 3.12. The number of alkyl halides is 3. The standard InChI is InChI=1S/C11H14F3N3O2S/c1-6(5-20(2)19)16-10-7(9(15)18)3-4-8(17-10)11(12,13)14/h3-4,6H,5H2,1-2H3,(H2,15,18)(H,16,17). The van der Waals surface area contributed by atoms with Crippen LogP contribution in [0, 0.1) is 0 Å². The third-order valence-electron chi connectivity index (χ3n) is 2.32. The Hall–Kier alpha value is -1.64. The van der Waals surface area contributed by atoms with Crippen LogP contribution in [0.15, 0.2) is 12.1 Å². The highest BCUT2D eigenvalue weighted by Gasteiger charge is 2.33. The molecule has 0 radical (unpaired) electrons. The molecule has 0 aliphatic rings. The minimum Gasteiger partial charge on any atom is -0.366 e. The number of carbonyl (C=O) groups excluding carboxylic acids is 1. The molecule has 3 N–H and O–H groups in total. The van der Waals surface area contributed by atoms with Crippen molar-refractivity contribution < 1.29 is 22.2 Å². The average Bonchev–Trinajstić information content (AvgIpc) is 2.25. The van der Waals surface area contributed by atoms with Gasteiger partial charge in [0.2, 0.25) is 0 Å². The van der Waals surface area contributed by atoms with Crippen molar-refractivity contribution in [1.29, 1.82) is 0 Å². The van der Waals surface area contributed by atoms with Gasteiger partial charge in [0.25, 0.3) is 5.91 Å². The Morgan fingerprint density at radius 3 is 2.55 bits per heavy atom. The zero-order valence-corrected chi connectivity index (χ0v) is 11.6. The first kappa shape index (κ1) is 16.4. The van der Waals surface area contributed by atoms with Crippen LogP contribution in [-0.2, 0) is 17.0 Å². The van der Waals surface area contributed by atoms with E-state index >= 15 is 0 Å². The van der Waals surface area contributed by atoms with Crippen molar-refractivity contribution in [2.45, 2.75) is 19.1 Å². The maximum Gasteiger partial charge on any atom is 0.433 e. The van der Waals surface area contributed by atoms with Crippen molar-refractivity contribution in [3.05, 3.63) is 23.4 Å². The van der Waals surface area contributed by atoms with E-state index in [-0.39, 0.29) is 17.1 Å². The number of nitrogens with one attached hydrogen (secondary N) is 1. The van der Waals surface area contributed by atoms with Gasteiger partial charge >= 0.3 is 6.18 Å². The third kappa shape index (κ3) is 4.48. The summed E-state index contributed by atoms with van der Waals surface area (Å²) in [4.78, 5) is 14.6. The maximum atomic E-state index is 12.6. The predicted octanol–water partition coefficient (Wildman–Crippen LogP) is 1.38. The lowest BCUT2D eigenvalue weighted by Gasteiger charge is -2.16. The summed E-state index contributed by atoms with van der Waals surface area (Å²) in [5.41, 5.74) is 3.81. The first-order chi connectivity index (χ1) is 9.11. The SMILES string of the molecule is CC(CS(C)=O)Nc1nc(C(F)(F)F)ccc1C(N)=O. The molecule has 0 aromatic carbocycles. The number of aromatic nitrogens is 1. The Bertz CT molecular complexity index is 534. The van der Waals surface area contributed by atoms with Crippen LogP contribution >= 0.6 is 0 Å². The number of hydrogen-bond donors (Lipinski definition) is 2. The molecule has 0 fully saturated rings. The monoisotopic (exact) mass is 309 g/mol. The van der Waals surface area contributed by atoms with Crippen molar-refractivity contribution in [2.24, 2.45) is 5.73 Å². The summed E-state index contributed by atoms with van der Waals surface area (Å²) >= 11 is 0. The molecule has 9 heteroatoms. The van der Waals surface area contributed by atoms with Gasteiger partial charge in [0.1, 0.15) is 11.5 Å². The fraction of sp³-hybridized carbons (Fsp3) is 0.455. The second-order valence-electron chi connectivity index (χ2n) is 4.24. The van der Waals surface area contributed by atoms with Gasteiger partial charge in [0, 0.05) is 28.9 Å². The number of halogens is 3. The third-order valence-corrected chi connectivity index (χ3v) is 3.29. The summed E-state index contributed by atoms with van der Waals surface area (Å²) in [6.45, 7) is 1.62. The highest BCUT2D eigenvalue weighted by molar-refractivity contribution is 7.84. The molecule has 0 aliphatic heterocycles. The average molecular weight is 309 g/mol. The topological polar surface area (TPSA) is 85.1 Å². The largest absolute Gasteiger partial charge is 0.433 e. The Kier molecular flexibility index (Phi) is 5.09. The summed E-state index contributed by atoms with van der Waals surface area (Å²) < 4.78 is 48.8. The van der Waals surface area contributed by atoms with Crippen LogP contribution in [0.1, 0.15) is 23.0 Å². The van der Waals surface area contributed by atoms with Gasteiger partial charge < -0.3 is 11.1 Å². The number of anilines is 1. The molecule has 1 amide bonds. The van der Waals surface area contributed by atoms with Gasteiger partial charge in [0.15, 0.2) is 0 Å². The fourth-order valence-corrected chi connectivity index (χ4v) is 2.34. The van der Waals surface area contributed by atoms with E-state index < -0.39 is 34.6 Å². The van der Waals surface area contributed by atoms with Crippen molar-refractivity contribution >= 4 is 22.5 Å². The van der Waals surface area contributed by atoms with E-state index in [1.807, 2.05) is 0 Å². The molecular formula is C11H14F3N3O2S. The molecular weight excluding hydrogens is 295 g/mol. The Morgan fingerprint density at radius 1 is 1.50 bits per heavy atom. The molecule has 112 valence electrons. The van der Waals surface area contributed by atoms with E-state index in [9.17, 15) is 22.2 Å². The van der Waals surface area contributed by atoms with E-state index in [4.69, 9.17) is 5.73 Å². The van der Waals surface area contributed by atoms with E-state index in [0.717, 1.165) is 6.07 Å². The molecule has 2 atom stereocenters. The van der Waals surface area contributed by atoms with Gasteiger partial charge in [-0.15, -0.1) is 0 Å². The minimum absolute atomic E-state index is 0.147. The number of amides is 1. The van der Waals surface area contributed by atoms with Crippen LogP contribution in [0.4, 0.5) is 19.0 Å². The maximum absolute atomic E-state index is 12.6. The molecule has 2 unspecified atom stereocenters. The minimum atomic E-state index is -4.62. The zero-order chi connectivity index (χ0) is 15.5. The summed E-state index contributed by atoms with van der Waals surface area (Å²) in [5.74, 6) is -0.945. The molecule has 1 aromatic rings. The van der Waals surface area contributed by atoms with Crippen molar-refractivity contribution in [3.63, 3.8) is 0 Å². The summed E-state index contributed by atoms with van der Waals surface area (Å²) in [5, 5.41) is 2.63. The number of primary amides is 1. The number of rotatable bonds is 5. The number of carbonyl (C=O) groups is 1. The van der Waals surface area contributed by atoms with Crippen molar-refractivity contribution in [3.8, 4) is 0 Å². The summed E-state index contributed by atoms with van der Waals surface area (Å²) in [7, 11) is -1.14. The zero-order valence-electron chi connectivity index (χ0n) is 10.8. The van der Waals surface area contributed by atoms with Gasteiger partial charge in [-0.2, -0.15) is 13.2 Å². The fourth-order valence-electron chi connectivity index (χ4n) is 1.55. The van der Waals surface area contributed by atoms with Crippen LogP contribution in [0.25, 0.3) is 0 Å². The molecule has 0 spiro atoms. The highest BCUT2D eigenvalue weighted by atomic mass is 32.2. The first-order valence-electron chi connectivity index (χ1n) is 5.56. The van der Waals surface area contributed by atoms with Crippen molar-refractivity contribution in [1.82, 2.24) is 4.98 Å². The van der Waals surface area contributed by atoms with Gasteiger partial charge in [-0.3, -0.25) is 9.00 Å². The molecule has 1 rings (SSSR count). The summed E-state index contributed by atoms with van der Waals surface area (Å²) in [6, 6.07) is 1.24. The van der Waals surface area contributed by atoms with Gasteiger partial charge in [-0.25, -0.2) is 4.98 Å². The summed E-state index contributed by atoms with van der Waals surface area (Å²) in [6.07, 6.45) is -3.16. The lowest BCUT2D eigenvalue weighted by molar-refractivity contribution is -0.141. The molecule has 1 heterocycles. The smallest absolute Gasteiger partial charge is 0.366 e. The van der Waals surface area contributed by atoms with Gasteiger partial charge in [-0.05, 0) is 19.1 Å². The highest BCUT2D eigenvalue weighted by Crippen LogP contribution is 2.29. The van der Waals surface area contributed by atoms with Crippen LogP contribution in [0.5, 0.6) is 0 Å². The molecule has 0 saturated carbocycles. The van der Waals surface area contributed by atoms with Gasteiger partial charge in [0.05, 0.1) is 5.56 Å². The molecule has 0 bridgehead atoms. The predicted molar refractivity (Wildman–Crippen MR) is 69.8 cm³/mol. The van der Waals surface area contributed by atoms with Crippen LogP contribution < -0.4 is 11.1 Å². The number of hydrogen-bond acceptors (Lipinski definition) is 4. The first-order valence-corrected chi connectivity index (χ1v) is 7.28.